The highest BCUT2D eigenvalue weighted by Gasteiger charge is 2.40. The first-order valence-electron chi connectivity index (χ1n) is 17.5. The number of imide groups is 1. The van der Waals surface area contributed by atoms with Crippen LogP contribution in [-0.4, -0.2) is 50.8 Å². The van der Waals surface area contributed by atoms with Gasteiger partial charge in [0.05, 0.1) is 36.8 Å². The third-order valence-corrected chi connectivity index (χ3v) is 10.3. The van der Waals surface area contributed by atoms with Gasteiger partial charge in [0, 0.05) is 23.9 Å². The number of aliphatic hydroxyl groups is 1. The number of pyridine rings is 1. The molecule has 2 N–H and O–H groups in total. The smallest absolute Gasteiger partial charge is 0.408 e. The van der Waals surface area contributed by atoms with E-state index in [0.29, 0.717) is 12.2 Å². The van der Waals surface area contributed by atoms with Crippen molar-refractivity contribution in [3.63, 3.8) is 0 Å². The van der Waals surface area contributed by atoms with Crippen molar-refractivity contribution in [1.82, 2.24) is 15.2 Å². The van der Waals surface area contributed by atoms with Gasteiger partial charge in [-0.05, 0) is 57.6 Å². The van der Waals surface area contributed by atoms with E-state index >= 15 is 0 Å². The molecule has 2 aliphatic heterocycles. The number of rotatable bonds is 12. The standard InChI is InChI=1S/C42H39N3O7S/c46-25-28-15-17-31(18-16-28)37-22-35(27-53-38-14-4-5-19-43-38)51-41(52-37)34-13-7-12-33(21-34)32-11-6-10-30(20-32)24-45-39(47)23-36(40(45)48)44-42(49)50-26-29-8-2-1-3-9-29/h1-21,35-37,41,46H,22-27H2,(H,44,49). The van der Waals surface area contributed by atoms with E-state index in [1.54, 1.807) is 18.0 Å². The number of hydrogen-bond acceptors (Lipinski definition) is 9. The Hall–Kier alpha value is -5.33. The number of nitrogens with zero attached hydrogens (tertiary/aromatic N) is 2. The van der Waals surface area contributed by atoms with Crippen LogP contribution in [0.5, 0.6) is 0 Å². The number of hydrogen-bond donors (Lipinski definition) is 2. The first-order valence-corrected chi connectivity index (χ1v) is 18.5. The van der Waals surface area contributed by atoms with E-state index in [9.17, 15) is 19.5 Å². The van der Waals surface area contributed by atoms with Crippen molar-refractivity contribution in [1.29, 1.82) is 0 Å². The van der Waals surface area contributed by atoms with E-state index in [-0.39, 0.29) is 44.3 Å². The topological polar surface area (TPSA) is 127 Å². The first kappa shape index (κ1) is 36.0. The highest BCUT2D eigenvalue weighted by Crippen LogP contribution is 2.40. The average Bonchev–Trinajstić information content (AvgIpc) is 3.47. The fourth-order valence-electron chi connectivity index (χ4n) is 6.40. The second-order valence-corrected chi connectivity index (χ2v) is 14.0. The number of benzene rings is 4. The molecular formula is C42H39N3O7S. The zero-order valence-electron chi connectivity index (χ0n) is 28.9. The number of alkyl carbamates (subject to hydrolysis) is 1. The Balaban J connectivity index is 1.03. The molecule has 4 atom stereocenters. The molecule has 2 aliphatic rings. The Morgan fingerprint density at radius 3 is 2.36 bits per heavy atom. The van der Waals surface area contributed by atoms with Crippen molar-refractivity contribution < 1.29 is 33.7 Å². The number of carbonyl (C=O) groups is 3. The molecule has 11 heteroatoms. The zero-order chi connectivity index (χ0) is 36.6. The predicted molar refractivity (Wildman–Crippen MR) is 199 cm³/mol. The molecule has 2 fully saturated rings. The number of aliphatic hydroxyl groups excluding tert-OH is 1. The molecule has 0 aliphatic carbocycles. The summed E-state index contributed by atoms with van der Waals surface area (Å²) >= 11 is 1.64. The van der Waals surface area contributed by atoms with E-state index in [4.69, 9.17) is 14.2 Å². The van der Waals surface area contributed by atoms with Crippen LogP contribution < -0.4 is 5.32 Å². The van der Waals surface area contributed by atoms with Crippen LogP contribution in [0.1, 0.15) is 53.1 Å². The minimum atomic E-state index is -0.983. The van der Waals surface area contributed by atoms with Gasteiger partial charge < -0.3 is 24.6 Å². The van der Waals surface area contributed by atoms with Crippen LogP contribution in [0.2, 0.25) is 0 Å². The van der Waals surface area contributed by atoms with E-state index < -0.39 is 24.3 Å². The van der Waals surface area contributed by atoms with Crippen LogP contribution >= 0.6 is 11.8 Å². The Kier molecular flexibility index (Phi) is 11.6. The van der Waals surface area contributed by atoms with Crippen molar-refractivity contribution in [2.75, 3.05) is 5.75 Å². The molecule has 0 bridgehead atoms. The van der Waals surface area contributed by atoms with Gasteiger partial charge >= 0.3 is 6.09 Å². The lowest BCUT2D eigenvalue weighted by atomic mass is 9.99. The molecule has 53 heavy (non-hydrogen) atoms. The van der Waals surface area contributed by atoms with Gasteiger partial charge in [0.1, 0.15) is 12.6 Å². The Bertz CT molecular complexity index is 2030. The average molecular weight is 730 g/mol. The highest BCUT2D eigenvalue weighted by atomic mass is 32.2. The highest BCUT2D eigenvalue weighted by molar-refractivity contribution is 7.99. The Morgan fingerprint density at radius 1 is 0.830 bits per heavy atom. The van der Waals surface area contributed by atoms with Crippen molar-refractivity contribution in [3.8, 4) is 11.1 Å². The molecule has 2 saturated heterocycles. The van der Waals surface area contributed by atoms with Crippen LogP contribution in [-0.2, 0) is 43.6 Å². The van der Waals surface area contributed by atoms with Gasteiger partial charge in [0.15, 0.2) is 6.29 Å². The summed E-state index contributed by atoms with van der Waals surface area (Å²) in [5.74, 6) is -0.135. The summed E-state index contributed by atoms with van der Waals surface area (Å²) in [4.78, 5) is 44.2. The molecule has 5 aromatic rings. The van der Waals surface area contributed by atoms with E-state index in [2.05, 4.69) is 10.3 Å². The van der Waals surface area contributed by atoms with E-state index in [0.717, 1.165) is 44.0 Å². The van der Waals surface area contributed by atoms with Crippen LogP contribution in [0.15, 0.2) is 133 Å². The van der Waals surface area contributed by atoms with Gasteiger partial charge in [0.2, 0.25) is 5.91 Å². The molecule has 3 heterocycles. The van der Waals surface area contributed by atoms with Crippen molar-refractivity contribution in [2.45, 2.75) is 62.2 Å². The molecular weight excluding hydrogens is 691 g/mol. The summed E-state index contributed by atoms with van der Waals surface area (Å²) in [5.41, 5.74) is 6.11. The third kappa shape index (κ3) is 9.19. The number of nitrogens with one attached hydrogen (secondary N) is 1. The SMILES string of the molecule is O=C(NC1CC(=O)N(Cc2cccc(-c3cccc(C4OC(CSc5ccccn5)CC(c5ccc(CO)cc5)O4)c3)c2)C1=O)OCc1ccccc1. The van der Waals surface area contributed by atoms with E-state index in [1.165, 1.54) is 4.90 Å². The summed E-state index contributed by atoms with van der Waals surface area (Å²) in [6.07, 6.45) is 0.596. The minimum absolute atomic E-state index is 0.0245. The fourth-order valence-corrected chi connectivity index (χ4v) is 7.28. The fraction of sp³-hybridized carbons (Fsp3) is 0.238. The number of ether oxygens (including phenoxy) is 3. The molecule has 270 valence electrons. The van der Waals surface area contributed by atoms with Gasteiger partial charge in [-0.3, -0.25) is 14.5 Å². The number of aromatic nitrogens is 1. The predicted octanol–water partition coefficient (Wildman–Crippen LogP) is 7.13. The van der Waals surface area contributed by atoms with Gasteiger partial charge in [0.25, 0.3) is 5.91 Å². The van der Waals surface area contributed by atoms with Crippen molar-refractivity contribution in [2.24, 2.45) is 0 Å². The lowest BCUT2D eigenvalue weighted by Crippen LogP contribution is -2.41. The summed E-state index contributed by atoms with van der Waals surface area (Å²) < 4.78 is 18.4. The lowest BCUT2D eigenvalue weighted by Gasteiger charge is -2.36. The molecule has 1 aromatic heterocycles. The quantitative estimate of drug-likeness (QED) is 0.102. The molecule has 4 unspecified atom stereocenters. The summed E-state index contributed by atoms with van der Waals surface area (Å²) in [7, 11) is 0. The van der Waals surface area contributed by atoms with Crippen LogP contribution in [0, 0.1) is 0 Å². The monoisotopic (exact) mass is 729 g/mol. The second kappa shape index (κ2) is 17.0. The molecule has 0 spiro atoms. The molecule has 0 radical (unpaired) electrons. The van der Waals surface area contributed by atoms with Crippen LogP contribution in [0.4, 0.5) is 4.79 Å². The van der Waals surface area contributed by atoms with Crippen LogP contribution in [0.3, 0.4) is 0 Å². The number of likely N-dealkylation sites (tertiary alicyclic amines) is 1. The van der Waals surface area contributed by atoms with Crippen molar-refractivity contribution in [3.05, 3.63) is 155 Å². The molecule has 0 saturated carbocycles. The van der Waals surface area contributed by atoms with Gasteiger partial charge in [-0.2, -0.15) is 0 Å². The minimum Gasteiger partial charge on any atom is -0.445 e. The molecule has 3 amide bonds. The van der Waals surface area contributed by atoms with Gasteiger partial charge in [-0.15, -0.1) is 11.8 Å². The number of amides is 3. The van der Waals surface area contributed by atoms with E-state index in [1.807, 2.05) is 121 Å². The molecule has 7 rings (SSSR count). The maximum atomic E-state index is 13.2. The second-order valence-electron chi connectivity index (χ2n) is 12.9. The normalized spacial score (nSPS) is 20.0. The summed E-state index contributed by atoms with van der Waals surface area (Å²) in [6, 6.07) is 37.6. The van der Waals surface area contributed by atoms with Gasteiger partial charge in [-0.1, -0.05) is 97.1 Å². The summed E-state index contributed by atoms with van der Waals surface area (Å²) in [5, 5.41) is 13.0. The molecule has 10 nitrogen and oxygen atoms in total. The Labute approximate surface area is 312 Å². The first-order chi connectivity index (χ1) is 25.9. The van der Waals surface area contributed by atoms with Crippen molar-refractivity contribution >= 4 is 29.7 Å². The number of thioether (sulfide) groups is 1. The lowest BCUT2D eigenvalue weighted by molar-refractivity contribution is -0.245. The summed E-state index contributed by atoms with van der Waals surface area (Å²) in [6.45, 7) is 0.108. The van der Waals surface area contributed by atoms with Gasteiger partial charge in [-0.25, -0.2) is 9.78 Å². The maximum Gasteiger partial charge on any atom is 0.408 e. The zero-order valence-corrected chi connectivity index (χ0v) is 29.7. The number of carbonyl (C=O) groups excluding carboxylic acids is 3. The largest absolute Gasteiger partial charge is 0.445 e. The molecule has 4 aromatic carbocycles. The third-order valence-electron chi connectivity index (χ3n) is 9.18. The van der Waals surface area contributed by atoms with Crippen LogP contribution in [0.25, 0.3) is 11.1 Å². The Morgan fingerprint density at radius 2 is 1.58 bits per heavy atom. The maximum absolute atomic E-state index is 13.2.